The van der Waals surface area contributed by atoms with E-state index >= 15 is 0 Å². The molecule has 0 saturated heterocycles. The second-order valence-corrected chi connectivity index (χ2v) is 8.15. The van der Waals surface area contributed by atoms with Gasteiger partial charge in [-0.2, -0.15) is 0 Å². The zero-order valence-electron chi connectivity index (χ0n) is 14.4. The summed E-state index contributed by atoms with van der Waals surface area (Å²) in [6, 6.07) is 8.74. The minimum atomic E-state index is 0.0317. The summed E-state index contributed by atoms with van der Waals surface area (Å²) in [6.45, 7) is 13.5. The lowest BCUT2D eigenvalue weighted by Gasteiger charge is -2.29. The molecule has 1 aromatic carbocycles. The van der Waals surface area contributed by atoms with Gasteiger partial charge in [0.2, 0.25) is 0 Å². The molecule has 0 N–H and O–H groups in total. The van der Waals surface area contributed by atoms with Crippen molar-refractivity contribution in [3.63, 3.8) is 0 Å². The zero-order chi connectivity index (χ0) is 16.1. The molecule has 3 aromatic rings. The van der Waals surface area contributed by atoms with Gasteiger partial charge in [0.1, 0.15) is 0 Å². The smallest absolute Gasteiger partial charge is 0.0712 e. The first-order valence-corrected chi connectivity index (χ1v) is 7.86. The molecule has 22 heavy (non-hydrogen) atoms. The Morgan fingerprint density at radius 1 is 0.773 bits per heavy atom. The third kappa shape index (κ3) is 2.58. The van der Waals surface area contributed by atoms with Crippen LogP contribution in [0.25, 0.3) is 21.7 Å². The number of nitrogens with zero attached hydrogens (tertiary/aromatic N) is 2. The Balaban J connectivity index is 2.40. The molecule has 0 aliphatic carbocycles. The van der Waals surface area contributed by atoms with Gasteiger partial charge in [0.15, 0.2) is 0 Å². The maximum atomic E-state index is 5.04. The highest BCUT2D eigenvalue weighted by Crippen LogP contribution is 2.35. The van der Waals surface area contributed by atoms with Crippen molar-refractivity contribution in [2.75, 3.05) is 0 Å². The summed E-state index contributed by atoms with van der Waals surface area (Å²) in [7, 11) is 0. The molecule has 3 rings (SSSR count). The first kappa shape index (κ1) is 15.0. The molecular weight excluding hydrogens is 268 g/mol. The number of rotatable bonds is 0. The fourth-order valence-corrected chi connectivity index (χ4v) is 2.90. The molecule has 0 atom stereocenters. The first-order chi connectivity index (χ1) is 10.2. The summed E-state index contributed by atoms with van der Waals surface area (Å²) in [6.07, 6.45) is 3.76. The van der Waals surface area contributed by atoms with Gasteiger partial charge in [-0.15, -0.1) is 0 Å². The molecular formula is C20H24N2. The molecule has 2 heterocycles. The fraction of sp³-hybridized carbons (Fsp3) is 0.400. The molecule has 0 bridgehead atoms. The fourth-order valence-electron chi connectivity index (χ4n) is 2.90. The Kier molecular flexibility index (Phi) is 3.24. The van der Waals surface area contributed by atoms with E-state index in [1.54, 1.807) is 0 Å². The van der Waals surface area contributed by atoms with E-state index < -0.39 is 0 Å². The van der Waals surface area contributed by atoms with Crippen molar-refractivity contribution < 1.29 is 0 Å². The van der Waals surface area contributed by atoms with Gasteiger partial charge in [0, 0.05) is 28.6 Å². The van der Waals surface area contributed by atoms with Crippen molar-refractivity contribution in [2.24, 2.45) is 0 Å². The number of hydrogen-bond donors (Lipinski definition) is 0. The van der Waals surface area contributed by atoms with Crippen molar-refractivity contribution in [1.82, 2.24) is 9.97 Å². The van der Waals surface area contributed by atoms with E-state index in [1.807, 2.05) is 18.5 Å². The van der Waals surface area contributed by atoms with Gasteiger partial charge in [-0.1, -0.05) is 41.5 Å². The van der Waals surface area contributed by atoms with Gasteiger partial charge in [-0.05, 0) is 40.6 Å². The van der Waals surface area contributed by atoms with Crippen LogP contribution in [0.2, 0.25) is 0 Å². The number of aromatic nitrogens is 2. The van der Waals surface area contributed by atoms with Crippen LogP contribution >= 0.6 is 0 Å². The predicted octanol–water partition coefficient (Wildman–Crippen LogP) is 5.38. The maximum absolute atomic E-state index is 5.04. The summed E-state index contributed by atoms with van der Waals surface area (Å²) in [5, 5.41) is 3.55. The topological polar surface area (TPSA) is 25.8 Å². The van der Waals surface area contributed by atoms with Gasteiger partial charge in [0.25, 0.3) is 0 Å². The molecule has 0 aliphatic heterocycles. The Hall–Kier alpha value is -1.96. The molecule has 0 spiro atoms. The molecule has 0 aliphatic rings. The van der Waals surface area contributed by atoms with Crippen LogP contribution in [-0.2, 0) is 10.8 Å². The van der Waals surface area contributed by atoms with Crippen molar-refractivity contribution in [3.8, 4) is 0 Å². The van der Waals surface area contributed by atoms with Crippen molar-refractivity contribution in [1.29, 1.82) is 0 Å². The van der Waals surface area contributed by atoms with Gasteiger partial charge >= 0.3 is 0 Å². The predicted molar refractivity (Wildman–Crippen MR) is 94.4 cm³/mol. The van der Waals surface area contributed by atoms with Crippen LogP contribution in [0.1, 0.15) is 52.8 Å². The van der Waals surface area contributed by atoms with E-state index in [9.17, 15) is 0 Å². The highest BCUT2D eigenvalue weighted by Gasteiger charge is 2.27. The van der Waals surface area contributed by atoms with Gasteiger partial charge < -0.3 is 0 Å². The van der Waals surface area contributed by atoms with E-state index in [0.29, 0.717) is 0 Å². The van der Waals surface area contributed by atoms with Crippen LogP contribution in [0, 0.1) is 0 Å². The summed E-state index contributed by atoms with van der Waals surface area (Å²) < 4.78 is 0. The zero-order valence-corrected chi connectivity index (χ0v) is 14.4. The number of pyridine rings is 2. The van der Waals surface area contributed by atoms with Crippen LogP contribution < -0.4 is 0 Å². The second kappa shape index (κ2) is 4.77. The third-order valence-corrected chi connectivity index (χ3v) is 4.09. The quantitative estimate of drug-likeness (QED) is 0.520. The SMILES string of the molecule is CC(C)(C)c1cc2cc3cnccc3cc2nc1C(C)(C)C. The highest BCUT2D eigenvalue weighted by atomic mass is 14.7. The third-order valence-electron chi connectivity index (χ3n) is 4.09. The number of hydrogen-bond acceptors (Lipinski definition) is 2. The molecule has 2 aromatic heterocycles. The van der Waals surface area contributed by atoms with Crippen LogP contribution in [0.3, 0.4) is 0 Å². The van der Waals surface area contributed by atoms with Crippen LogP contribution in [0.4, 0.5) is 0 Å². The highest BCUT2D eigenvalue weighted by molar-refractivity contribution is 5.96. The van der Waals surface area contributed by atoms with Gasteiger partial charge in [-0.25, -0.2) is 0 Å². The summed E-state index contributed by atoms with van der Waals surface area (Å²) in [5.41, 5.74) is 3.70. The summed E-state index contributed by atoms with van der Waals surface area (Å²) in [4.78, 5) is 9.27. The van der Waals surface area contributed by atoms with Gasteiger partial charge in [0.05, 0.1) is 11.2 Å². The molecule has 0 radical (unpaired) electrons. The standard InChI is InChI=1S/C20H24N2/c1-19(2,3)16-10-14-9-15-12-21-8-7-13(15)11-17(14)22-18(16)20(4,5)6/h7-12H,1-6H3. The summed E-state index contributed by atoms with van der Waals surface area (Å²) in [5.74, 6) is 0. The van der Waals surface area contributed by atoms with Crippen LogP contribution in [0.15, 0.2) is 36.7 Å². The van der Waals surface area contributed by atoms with E-state index in [-0.39, 0.29) is 10.8 Å². The Morgan fingerprint density at radius 3 is 2.14 bits per heavy atom. The number of benzene rings is 1. The molecule has 2 nitrogen and oxygen atoms in total. The van der Waals surface area contributed by atoms with E-state index in [1.165, 1.54) is 27.4 Å². The Labute approximate surface area is 132 Å². The molecule has 114 valence electrons. The lowest BCUT2D eigenvalue weighted by atomic mass is 9.78. The minimum Gasteiger partial charge on any atom is -0.264 e. The monoisotopic (exact) mass is 292 g/mol. The van der Waals surface area contributed by atoms with E-state index in [0.717, 1.165) is 5.52 Å². The lowest BCUT2D eigenvalue weighted by molar-refractivity contribution is 0.517. The molecule has 0 fully saturated rings. The molecule has 0 amide bonds. The Morgan fingerprint density at radius 2 is 1.50 bits per heavy atom. The van der Waals surface area contributed by atoms with Gasteiger partial charge in [-0.3, -0.25) is 9.97 Å². The average molecular weight is 292 g/mol. The normalized spacial score (nSPS) is 13.0. The van der Waals surface area contributed by atoms with Crippen molar-refractivity contribution in [3.05, 3.63) is 47.9 Å². The average Bonchev–Trinajstić information content (AvgIpc) is 2.41. The second-order valence-electron chi connectivity index (χ2n) is 8.15. The van der Waals surface area contributed by atoms with Crippen molar-refractivity contribution in [2.45, 2.75) is 52.4 Å². The molecule has 0 saturated carbocycles. The first-order valence-electron chi connectivity index (χ1n) is 7.86. The molecule has 0 unspecified atom stereocenters. The number of fused-ring (bicyclic) bond motifs is 2. The minimum absolute atomic E-state index is 0.0317. The van der Waals surface area contributed by atoms with Crippen molar-refractivity contribution >= 4 is 21.7 Å². The van der Waals surface area contributed by atoms with Crippen LogP contribution in [0.5, 0.6) is 0 Å². The van der Waals surface area contributed by atoms with E-state index in [2.05, 4.69) is 64.7 Å². The summed E-state index contributed by atoms with van der Waals surface area (Å²) >= 11 is 0. The van der Waals surface area contributed by atoms with Crippen LogP contribution in [-0.4, -0.2) is 9.97 Å². The Bertz CT molecular complexity index is 777. The molecule has 2 heteroatoms. The lowest BCUT2D eigenvalue weighted by Crippen LogP contribution is -2.23. The largest absolute Gasteiger partial charge is 0.264 e. The van der Waals surface area contributed by atoms with E-state index in [4.69, 9.17) is 4.98 Å². The maximum Gasteiger partial charge on any atom is 0.0712 e.